The van der Waals surface area contributed by atoms with E-state index in [1.54, 1.807) is 52.2 Å². The second kappa shape index (κ2) is 10.8. The molecule has 0 aliphatic carbocycles. The van der Waals surface area contributed by atoms with E-state index >= 15 is 0 Å². The van der Waals surface area contributed by atoms with Crippen molar-refractivity contribution < 1.29 is 37.3 Å². The van der Waals surface area contributed by atoms with E-state index in [1.807, 2.05) is 0 Å². The maximum atomic E-state index is 12.7. The van der Waals surface area contributed by atoms with E-state index in [0.29, 0.717) is 23.7 Å². The molecule has 0 saturated heterocycles. The summed E-state index contributed by atoms with van der Waals surface area (Å²) >= 11 is 0. The lowest BCUT2D eigenvalue weighted by Gasteiger charge is -2.20. The Morgan fingerprint density at radius 3 is 2.53 bits per heavy atom. The third-order valence-electron chi connectivity index (χ3n) is 4.62. The van der Waals surface area contributed by atoms with Crippen LogP contribution >= 0.6 is 0 Å². The first-order valence-electron chi connectivity index (χ1n) is 10.4. The number of likely N-dealkylation sites (N-methyl/N-ethyl adjacent to an activating group) is 1. The van der Waals surface area contributed by atoms with Crippen LogP contribution in [0.5, 0.6) is 17.2 Å². The first-order valence-corrected chi connectivity index (χ1v) is 10.4. The number of hydrogen-bond donors (Lipinski definition) is 0. The summed E-state index contributed by atoms with van der Waals surface area (Å²) < 4.78 is 46.5. The van der Waals surface area contributed by atoms with Crippen molar-refractivity contribution in [3.05, 3.63) is 59.3 Å². The highest BCUT2D eigenvalue weighted by molar-refractivity contribution is 6.13. The molecular formula is C24H24F2N2O6. The Kier molecular flexibility index (Phi) is 7.83. The molecule has 3 rings (SSSR count). The maximum Gasteiger partial charge on any atom is 0.387 e. The monoisotopic (exact) mass is 474 g/mol. The van der Waals surface area contributed by atoms with Crippen LogP contribution in [-0.2, 0) is 14.3 Å². The molecule has 2 aromatic rings. The van der Waals surface area contributed by atoms with Crippen LogP contribution in [0.4, 0.5) is 8.78 Å². The minimum Gasteiger partial charge on any atom is -0.490 e. The van der Waals surface area contributed by atoms with Gasteiger partial charge in [-0.1, -0.05) is 18.2 Å². The molecule has 0 N–H and O–H groups in total. The van der Waals surface area contributed by atoms with E-state index in [1.165, 1.54) is 29.2 Å². The number of hydrogen-bond acceptors (Lipinski definition) is 7. The van der Waals surface area contributed by atoms with E-state index in [0.717, 1.165) is 0 Å². The molecule has 0 bridgehead atoms. The summed E-state index contributed by atoms with van der Waals surface area (Å²) in [6.45, 7) is 0.737. The van der Waals surface area contributed by atoms with Crippen molar-refractivity contribution in [1.29, 1.82) is 0 Å². The lowest BCUT2D eigenvalue weighted by atomic mass is 10.1. The molecule has 1 aliphatic heterocycles. The van der Waals surface area contributed by atoms with Crippen molar-refractivity contribution in [2.75, 3.05) is 20.7 Å². The van der Waals surface area contributed by atoms with Crippen molar-refractivity contribution in [2.24, 2.45) is 4.99 Å². The highest BCUT2D eigenvalue weighted by atomic mass is 19.3. The molecule has 1 heterocycles. The van der Waals surface area contributed by atoms with E-state index in [-0.39, 0.29) is 28.8 Å². The van der Waals surface area contributed by atoms with Gasteiger partial charge in [0.15, 0.2) is 23.3 Å². The maximum absolute atomic E-state index is 12.7. The van der Waals surface area contributed by atoms with Crippen LogP contribution in [0, 0.1) is 0 Å². The first kappa shape index (κ1) is 24.7. The van der Waals surface area contributed by atoms with Gasteiger partial charge in [0.2, 0.25) is 5.90 Å². The molecular weight excluding hydrogens is 450 g/mol. The molecule has 0 saturated carbocycles. The van der Waals surface area contributed by atoms with E-state index in [4.69, 9.17) is 14.2 Å². The molecule has 0 aromatic heterocycles. The summed E-state index contributed by atoms with van der Waals surface area (Å²) in [6.07, 6.45) is 0.734. The fraction of sp³-hybridized carbons (Fsp3) is 0.292. The number of carbonyl (C=O) groups is 2. The standard InChI is InChI=1S/C24H24F2N2O6/c1-5-31-20-13-15(10-11-19(20)32-14(2)22(29)28(3)4)12-17-23(30)34-21(27-17)16-8-6-7-9-18(16)33-24(25)26/h6-14,24H,5H2,1-4H3. The number of halogens is 2. The highest BCUT2D eigenvalue weighted by Crippen LogP contribution is 2.32. The fourth-order valence-corrected chi connectivity index (χ4v) is 3.11. The number of ether oxygens (including phenoxy) is 4. The zero-order valence-electron chi connectivity index (χ0n) is 19.1. The van der Waals surface area contributed by atoms with Crippen molar-refractivity contribution >= 4 is 23.9 Å². The van der Waals surface area contributed by atoms with E-state index in [9.17, 15) is 18.4 Å². The van der Waals surface area contributed by atoms with Gasteiger partial charge in [-0.15, -0.1) is 0 Å². The predicted molar refractivity (Wildman–Crippen MR) is 120 cm³/mol. The van der Waals surface area contributed by atoms with Gasteiger partial charge in [-0.2, -0.15) is 8.78 Å². The number of carbonyl (C=O) groups excluding carboxylic acids is 2. The van der Waals surface area contributed by atoms with Crippen LogP contribution in [-0.4, -0.2) is 56.1 Å². The fourth-order valence-electron chi connectivity index (χ4n) is 3.11. The zero-order valence-corrected chi connectivity index (χ0v) is 19.1. The summed E-state index contributed by atoms with van der Waals surface area (Å²) in [6, 6.07) is 10.8. The number of nitrogens with zero attached hydrogens (tertiary/aromatic N) is 2. The molecule has 8 nitrogen and oxygen atoms in total. The van der Waals surface area contributed by atoms with Crippen LogP contribution in [0.25, 0.3) is 6.08 Å². The molecule has 1 atom stereocenters. The average Bonchev–Trinajstić information content (AvgIpc) is 3.14. The number of cyclic esters (lactones) is 1. The number of esters is 1. The summed E-state index contributed by atoms with van der Waals surface area (Å²) in [5.41, 5.74) is 0.642. The van der Waals surface area contributed by atoms with E-state index < -0.39 is 18.7 Å². The minimum atomic E-state index is -3.04. The van der Waals surface area contributed by atoms with Gasteiger partial charge in [0.25, 0.3) is 5.91 Å². The molecule has 10 heteroatoms. The molecule has 180 valence electrons. The molecule has 1 unspecified atom stereocenters. The highest BCUT2D eigenvalue weighted by Gasteiger charge is 2.27. The Morgan fingerprint density at radius 1 is 1.12 bits per heavy atom. The third-order valence-corrected chi connectivity index (χ3v) is 4.62. The molecule has 0 radical (unpaired) electrons. The Labute approximate surface area is 195 Å². The smallest absolute Gasteiger partial charge is 0.387 e. The van der Waals surface area contributed by atoms with Crippen LogP contribution in [0.15, 0.2) is 53.2 Å². The van der Waals surface area contributed by atoms with Crippen LogP contribution in [0.3, 0.4) is 0 Å². The number of aliphatic imine (C=N–C) groups is 1. The summed E-state index contributed by atoms with van der Waals surface area (Å²) in [5.74, 6) is -0.518. The summed E-state index contributed by atoms with van der Waals surface area (Å²) in [7, 11) is 3.27. The van der Waals surface area contributed by atoms with Gasteiger partial charge in [-0.25, -0.2) is 9.79 Å². The largest absolute Gasteiger partial charge is 0.490 e. The quantitative estimate of drug-likeness (QED) is 0.405. The summed E-state index contributed by atoms with van der Waals surface area (Å²) in [5, 5.41) is 0. The van der Waals surface area contributed by atoms with Crippen LogP contribution in [0.1, 0.15) is 25.0 Å². The van der Waals surface area contributed by atoms with Gasteiger partial charge >= 0.3 is 12.6 Å². The summed E-state index contributed by atoms with van der Waals surface area (Å²) in [4.78, 5) is 30.1. The number of amides is 1. The molecule has 1 aliphatic rings. The second-order valence-electron chi connectivity index (χ2n) is 7.34. The molecule has 2 aromatic carbocycles. The minimum absolute atomic E-state index is 0.0332. The van der Waals surface area contributed by atoms with Gasteiger partial charge in [-0.05, 0) is 49.8 Å². The van der Waals surface area contributed by atoms with Crippen molar-refractivity contribution in [3.8, 4) is 17.2 Å². The average molecular weight is 474 g/mol. The molecule has 0 spiro atoms. The van der Waals surface area contributed by atoms with Crippen LogP contribution in [0.2, 0.25) is 0 Å². The van der Waals surface area contributed by atoms with Crippen molar-refractivity contribution in [1.82, 2.24) is 4.90 Å². The van der Waals surface area contributed by atoms with Gasteiger partial charge in [0.05, 0.1) is 12.2 Å². The number of alkyl halides is 2. The normalized spacial score (nSPS) is 15.1. The Hall–Kier alpha value is -3.95. The molecule has 34 heavy (non-hydrogen) atoms. The van der Waals surface area contributed by atoms with E-state index in [2.05, 4.69) is 9.73 Å². The molecule has 1 amide bonds. The van der Waals surface area contributed by atoms with Gasteiger partial charge in [-0.3, -0.25) is 4.79 Å². The van der Waals surface area contributed by atoms with Gasteiger partial charge in [0.1, 0.15) is 5.75 Å². The number of para-hydroxylation sites is 1. The van der Waals surface area contributed by atoms with Crippen LogP contribution < -0.4 is 14.2 Å². The van der Waals surface area contributed by atoms with Crippen molar-refractivity contribution in [2.45, 2.75) is 26.6 Å². The van der Waals surface area contributed by atoms with Crippen molar-refractivity contribution in [3.63, 3.8) is 0 Å². The van der Waals surface area contributed by atoms with Gasteiger partial charge < -0.3 is 23.8 Å². The third kappa shape index (κ3) is 5.89. The van der Waals surface area contributed by atoms with Gasteiger partial charge in [0, 0.05) is 14.1 Å². The Morgan fingerprint density at radius 2 is 1.85 bits per heavy atom. The SMILES string of the molecule is CCOc1cc(C=C2N=C(c3ccccc3OC(F)F)OC2=O)ccc1OC(C)C(=O)N(C)C. The zero-order chi connectivity index (χ0) is 24.8. The number of rotatable bonds is 9. The number of benzene rings is 2. The lowest BCUT2D eigenvalue weighted by Crippen LogP contribution is -2.35. The Balaban J connectivity index is 1.89. The first-order chi connectivity index (χ1) is 16.2. The second-order valence-corrected chi connectivity index (χ2v) is 7.34. The lowest BCUT2D eigenvalue weighted by molar-refractivity contribution is -0.135. The molecule has 0 fully saturated rings. The topological polar surface area (TPSA) is 86.7 Å². The Bertz CT molecular complexity index is 1130. The predicted octanol–water partition coefficient (Wildman–Crippen LogP) is 3.89.